The average Bonchev–Trinajstić information content (AvgIpc) is 3.20. The van der Waals surface area contributed by atoms with Crippen molar-refractivity contribution in [3.63, 3.8) is 0 Å². The first-order valence-electron chi connectivity index (χ1n) is 8.11. The molecule has 1 N–H and O–H groups in total. The smallest absolute Gasteiger partial charge is 0.338 e. The third kappa shape index (κ3) is 2.60. The highest BCUT2D eigenvalue weighted by Crippen LogP contribution is 2.40. The van der Waals surface area contributed by atoms with Crippen molar-refractivity contribution in [3.8, 4) is 0 Å². The molecule has 1 unspecified atom stereocenters. The molecule has 1 aromatic carbocycles. The molecule has 1 atom stereocenters. The maximum Gasteiger partial charge on any atom is 0.338 e. The number of anilines is 1. The van der Waals surface area contributed by atoms with Gasteiger partial charge in [-0.05, 0) is 32.9 Å². The normalized spacial score (nSPS) is 16.9. The van der Waals surface area contributed by atoms with Gasteiger partial charge >= 0.3 is 5.97 Å². The van der Waals surface area contributed by atoms with E-state index in [0.717, 1.165) is 21.7 Å². The van der Waals surface area contributed by atoms with Crippen molar-refractivity contribution in [1.82, 2.24) is 14.5 Å². The number of carbonyl (C=O) groups excluding carboxylic acids is 1. The number of hydrogen-bond acceptors (Lipinski definition) is 6. The molecule has 2 aromatic heterocycles. The van der Waals surface area contributed by atoms with E-state index < -0.39 is 0 Å². The van der Waals surface area contributed by atoms with E-state index in [9.17, 15) is 4.79 Å². The van der Waals surface area contributed by atoms with Crippen LogP contribution in [-0.2, 0) is 9.53 Å². The summed E-state index contributed by atoms with van der Waals surface area (Å²) in [5.74, 6) is 0.378. The van der Waals surface area contributed by atoms with E-state index in [1.54, 1.807) is 6.20 Å². The Morgan fingerprint density at radius 2 is 2.16 bits per heavy atom. The Labute approximate surface area is 149 Å². The number of esters is 1. The second-order valence-corrected chi connectivity index (χ2v) is 7.11. The van der Waals surface area contributed by atoms with Crippen molar-refractivity contribution >= 4 is 34.3 Å². The van der Waals surface area contributed by atoms with Crippen LogP contribution in [0.2, 0.25) is 0 Å². The van der Waals surface area contributed by atoms with Gasteiger partial charge in [-0.3, -0.25) is 4.57 Å². The highest BCUT2D eigenvalue weighted by atomic mass is 32.1. The van der Waals surface area contributed by atoms with Gasteiger partial charge < -0.3 is 10.1 Å². The molecule has 3 aromatic rings. The number of nitrogens with one attached hydrogen (secondary N) is 1. The van der Waals surface area contributed by atoms with Gasteiger partial charge in [-0.15, -0.1) is 11.3 Å². The standard InChI is InChI=1S/C18H18N4O2S/c1-10(2)24-17(23)14-11(3)20-18-21-12-6-4-5-7-13(12)22(18)15(14)16-19-8-9-25-16/h4-10,15H,1-3H3,(H,20,21). The van der Waals surface area contributed by atoms with Crippen LogP contribution in [0.4, 0.5) is 5.95 Å². The van der Waals surface area contributed by atoms with Crippen LogP contribution in [0.5, 0.6) is 0 Å². The van der Waals surface area contributed by atoms with Crippen LogP contribution in [0.1, 0.15) is 31.8 Å². The summed E-state index contributed by atoms with van der Waals surface area (Å²) in [4.78, 5) is 21.9. The van der Waals surface area contributed by atoms with Crippen LogP contribution in [-0.4, -0.2) is 26.6 Å². The molecule has 0 spiro atoms. The van der Waals surface area contributed by atoms with Crippen molar-refractivity contribution in [2.75, 3.05) is 5.32 Å². The Morgan fingerprint density at radius 3 is 2.88 bits per heavy atom. The van der Waals surface area contributed by atoms with Crippen LogP contribution in [0.25, 0.3) is 11.0 Å². The van der Waals surface area contributed by atoms with E-state index >= 15 is 0 Å². The molecule has 0 fully saturated rings. The number of para-hydroxylation sites is 2. The fraction of sp³-hybridized carbons (Fsp3) is 0.278. The van der Waals surface area contributed by atoms with E-state index in [1.807, 2.05) is 55.0 Å². The summed E-state index contributed by atoms with van der Waals surface area (Å²) in [6, 6.07) is 7.53. The summed E-state index contributed by atoms with van der Waals surface area (Å²) in [5, 5.41) is 6.00. The Morgan fingerprint density at radius 1 is 1.36 bits per heavy atom. The van der Waals surface area contributed by atoms with E-state index in [-0.39, 0.29) is 18.1 Å². The zero-order chi connectivity index (χ0) is 17.6. The predicted octanol–water partition coefficient (Wildman–Crippen LogP) is 3.73. The van der Waals surface area contributed by atoms with Gasteiger partial charge in [-0.1, -0.05) is 12.1 Å². The molecule has 128 valence electrons. The molecule has 1 aliphatic heterocycles. The maximum atomic E-state index is 12.8. The van der Waals surface area contributed by atoms with Crippen LogP contribution in [0.15, 0.2) is 47.1 Å². The SMILES string of the molecule is CC1=C(C(=O)OC(C)C)C(c2nccs2)n2c(nc3ccccc32)N1. The second kappa shape index (κ2) is 6.00. The van der Waals surface area contributed by atoms with Gasteiger partial charge in [0.25, 0.3) is 0 Å². The van der Waals surface area contributed by atoms with E-state index in [2.05, 4.69) is 15.3 Å². The van der Waals surface area contributed by atoms with Gasteiger partial charge in [0.15, 0.2) is 0 Å². The zero-order valence-electron chi connectivity index (χ0n) is 14.2. The molecule has 7 heteroatoms. The molecule has 0 saturated heterocycles. The fourth-order valence-corrected chi connectivity index (χ4v) is 3.84. The van der Waals surface area contributed by atoms with Crippen LogP contribution in [0.3, 0.4) is 0 Å². The number of fused-ring (bicyclic) bond motifs is 3. The van der Waals surface area contributed by atoms with Crippen LogP contribution >= 0.6 is 11.3 Å². The lowest BCUT2D eigenvalue weighted by Gasteiger charge is -2.29. The van der Waals surface area contributed by atoms with Gasteiger partial charge in [-0.25, -0.2) is 14.8 Å². The summed E-state index contributed by atoms with van der Waals surface area (Å²) >= 11 is 1.52. The molecular formula is C18H18N4O2S. The highest BCUT2D eigenvalue weighted by Gasteiger charge is 2.36. The Bertz CT molecular complexity index is 972. The number of allylic oxidation sites excluding steroid dienone is 1. The Hall–Kier alpha value is -2.67. The molecule has 4 rings (SSSR count). The molecule has 0 aliphatic carbocycles. The summed E-state index contributed by atoms with van der Waals surface area (Å²) in [6.07, 6.45) is 1.56. The molecule has 0 radical (unpaired) electrons. The average molecular weight is 354 g/mol. The van der Waals surface area contributed by atoms with E-state index in [1.165, 1.54) is 11.3 Å². The largest absolute Gasteiger partial charge is 0.459 e. The van der Waals surface area contributed by atoms with Gasteiger partial charge in [-0.2, -0.15) is 0 Å². The maximum absolute atomic E-state index is 12.8. The predicted molar refractivity (Wildman–Crippen MR) is 97.5 cm³/mol. The fourth-order valence-electron chi connectivity index (χ4n) is 3.11. The first-order valence-corrected chi connectivity index (χ1v) is 8.99. The monoisotopic (exact) mass is 354 g/mol. The van der Waals surface area contributed by atoms with Crippen molar-refractivity contribution in [2.24, 2.45) is 0 Å². The summed E-state index contributed by atoms with van der Waals surface area (Å²) < 4.78 is 7.52. The van der Waals surface area contributed by atoms with E-state index in [4.69, 9.17) is 4.74 Å². The lowest BCUT2D eigenvalue weighted by molar-refractivity contribution is -0.143. The number of benzene rings is 1. The molecule has 25 heavy (non-hydrogen) atoms. The topological polar surface area (TPSA) is 69.0 Å². The number of ether oxygens (including phenoxy) is 1. The minimum Gasteiger partial charge on any atom is -0.459 e. The summed E-state index contributed by atoms with van der Waals surface area (Å²) in [5.41, 5.74) is 3.14. The van der Waals surface area contributed by atoms with Gasteiger partial charge in [0.2, 0.25) is 5.95 Å². The first kappa shape index (κ1) is 15.8. The number of carbonyl (C=O) groups is 1. The molecule has 1 aliphatic rings. The minimum atomic E-state index is -0.352. The first-order chi connectivity index (χ1) is 12.1. The number of hydrogen-bond donors (Lipinski definition) is 1. The number of imidazole rings is 1. The number of nitrogens with zero attached hydrogens (tertiary/aromatic N) is 3. The Kier molecular flexibility index (Phi) is 3.80. The number of aromatic nitrogens is 3. The van der Waals surface area contributed by atoms with Crippen LogP contribution < -0.4 is 5.32 Å². The zero-order valence-corrected chi connectivity index (χ0v) is 15.0. The third-order valence-corrected chi connectivity index (χ3v) is 4.91. The molecule has 0 saturated carbocycles. The summed E-state index contributed by atoms with van der Waals surface area (Å²) in [7, 11) is 0. The van der Waals surface area contributed by atoms with E-state index in [0.29, 0.717) is 11.5 Å². The quantitative estimate of drug-likeness (QED) is 0.726. The number of rotatable bonds is 3. The molecule has 0 bridgehead atoms. The van der Waals surface area contributed by atoms with Crippen molar-refractivity contribution in [2.45, 2.75) is 32.9 Å². The molecule has 0 amide bonds. The van der Waals surface area contributed by atoms with Gasteiger partial charge in [0.1, 0.15) is 11.0 Å². The molecule has 6 nitrogen and oxygen atoms in total. The van der Waals surface area contributed by atoms with Crippen molar-refractivity contribution in [1.29, 1.82) is 0 Å². The lowest BCUT2D eigenvalue weighted by Crippen LogP contribution is -2.29. The second-order valence-electron chi connectivity index (χ2n) is 6.18. The molecular weight excluding hydrogens is 336 g/mol. The van der Waals surface area contributed by atoms with Crippen molar-refractivity contribution in [3.05, 3.63) is 52.1 Å². The molecule has 3 heterocycles. The van der Waals surface area contributed by atoms with Gasteiger partial charge in [0, 0.05) is 17.3 Å². The number of thiazole rings is 1. The summed E-state index contributed by atoms with van der Waals surface area (Å²) in [6.45, 7) is 5.57. The highest BCUT2D eigenvalue weighted by molar-refractivity contribution is 7.09. The minimum absolute atomic E-state index is 0.189. The lowest BCUT2D eigenvalue weighted by atomic mass is 10.0. The third-order valence-electron chi connectivity index (χ3n) is 4.08. The van der Waals surface area contributed by atoms with Crippen LogP contribution in [0, 0.1) is 0 Å². The Balaban J connectivity index is 1.94. The van der Waals surface area contributed by atoms with Crippen molar-refractivity contribution < 1.29 is 9.53 Å². The van der Waals surface area contributed by atoms with Gasteiger partial charge in [0.05, 0.1) is 22.7 Å².